The summed E-state index contributed by atoms with van der Waals surface area (Å²) in [5.74, 6) is 0.329. The van der Waals surface area contributed by atoms with E-state index in [4.69, 9.17) is 30.5 Å². The maximum absolute atomic E-state index is 13.6. The van der Waals surface area contributed by atoms with Crippen LogP contribution in [-0.4, -0.2) is 66.1 Å². The van der Waals surface area contributed by atoms with E-state index in [0.717, 1.165) is 35.5 Å². The van der Waals surface area contributed by atoms with Gasteiger partial charge in [-0.1, -0.05) is 23.7 Å². The fourth-order valence-corrected chi connectivity index (χ4v) is 5.39. The van der Waals surface area contributed by atoms with Crippen molar-refractivity contribution in [3.63, 3.8) is 0 Å². The van der Waals surface area contributed by atoms with Gasteiger partial charge in [0.2, 0.25) is 0 Å². The summed E-state index contributed by atoms with van der Waals surface area (Å²) in [6.45, 7) is 1.87. The van der Waals surface area contributed by atoms with Gasteiger partial charge < -0.3 is 34.1 Å². The third-order valence-electron chi connectivity index (χ3n) is 7.35. The molecule has 2 N–H and O–H groups in total. The van der Waals surface area contributed by atoms with Crippen molar-refractivity contribution in [2.75, 3.05) is 33.4 Å². The van der Waals surface area contributed by atoms with E-state index in [1.54, 1.807) is 13.2 Å². The molecule has 0 amide bonds. The number of aliphatic hydroxyl groups is 1. The molecule has 0 aliphatic carbocycles. The van der Waals surface area contributed by atoms with E-state index >= 15 is 0 Å². The molecule has 0 bridgehead atoms. The smallest absolute Gasteiger partial charge is 0.339 e. The van der Waals surface area contributed by atoms with Crippen LogP contribution in [0.5, 0.6) is 23.0 Å². The first-order valence-corrected chi connectivity index (χ1v) is 13.4. The average Bonchev–Trinajstić information content (AvgIpc) is 3.29. The Bertz CT molecular complexity index is 1360. The summed E-state index contributed by atoms with van der Waals surface area (Å²) in [5.41, 5.74) is 1.31. The fourth-order valence-electron chi connectivity index (χ4n) is 5.18. The van der Waals surface area contributed by atoms with Crippen molar-refractivity contribution in [1.82, 2.24) is 4.90 Å². The van der Waals surface area contributed by atoms with Crippen LogP contribution >= 0.6 is 24.0 Å². The molecular formula is C30H32Cl2FNO7. The van der Waals surface area contributed by atoms with Crippen LogP contribution in [0.1, 0.15) is 34.3 Å². The van der Waals surface area contributed by atoms with Crippen LogP contribution in [0.25, 0.3) is 0 Å². The third kappa shape index (κ3) is 7.35. The van der Waals surface area contributed by atoms with Gasteiger partial charge in [0.25, 0.3) is 0 Å². The molecule has 3 aromatic carbocycles. The number of carboxylic acids is 1. The molecule has 5 rings (SSSR count). The Morgan fingerprint density at radius 2 is 1.83 bits per heavy atom. The number of methoxy groups -OCH3 is 1. The van der Waals surface area contributed by atoms with Crippen molar-refractivity contribution in [1.29, 1.82) is 0 Å². The van der Waals surface area contributed by atoms with Gasteiger partial charge in [-0.25, -0.2) is 9.18 Å². The summed E-state index contributed by atoms with van der Waals surface area (Å²) < 4.78 is 36.5. The van der Waals surface area contributed by atoms with E-state index in [9.17, 15) is 19.4 Å². The Kier molecular flexibility index (Phi) is 9.86. The zero-order chi connectivity index (χ0) is 28.3. The molecule has 0 saturated carbocycles. The predicted molar refractivity (Wildman–Crippen MR) is 154 cm³/mol. The number of nitrogens with zero attached hydrogens (tertiary/aromatic N) is 1. The van der Waals surface area contributed by atoms with Crippen molar-refractivity contribution < 1.29 is 38.3 Å². The number of carboxylic acid groups (broad SMARTS) is 1. The van der Waals surface area contributed by atoms with Crippen LogP contribution in [-0.2, 0) is 13.0 Å². The Labute approximate surface area is 248 Å². The van der Waals surface area contributed by atoms with Crippen molar-refractivity contribution >= 4 is 30.0 Å². The molecule has 1 atom stereocenters. The van der Waals surface area contributed by atoms with E-state index in [-0.39, 0.29) is 59.1 Å². The number of aliphatic hydroxyl groups excluding tert-OH is 1. The Morgan fingerprint density at radius 3 is 2.51 bits per heavy atom. The molecule has 1 saturated heterocycles. The second-order valence-corrected chi connectivity index (χ2v) is 10.6. The highest BCUT2D eigenvalue weighted by molar-refractivity contribution is 6.32. The summed E-state index contributed by atoms with van der Waals surface area (Å²) in [6.07, 6.45) is 1.33. The van der Waals surface area contributed by atoms with Gasteiger partial charge in [0.15, 0.2) is 0 Å². The molecule has 3 aromatic rings. The van der Waals surface area contributed by atoms with E-state index < -0.39 is 12.1 Å². The third-order valence-corrected chi connectivity index (χ3v) is 7.64. The van der Waals surface area contributed by atoms with Crippen molar-refractivity contribution in [3.8, 4) is 23.0 Å². The van der Waals surface area contributed by atoms with E-state index in [1.807, 2.05) is 24.3 Å². The van der Waals surface area contributed by atoms with Gasteiger partial charge in [-0.15, -0.1) is 12.4 Å². The number of ether oxygens (including phenoxy) is 4. The van der Waals surface area contributed by atoms with Gasteiger partial charge in [-0.05, 0) is 42.0 Å². The highest BCUT2D eigenvalue weighted by Crippen LogP contribution is 2.41. The topological polar surface area (TPSA) is 97.7 Å². The highest BCUT2D eigenvalue weighted by Gasteiger charge is 2.42. The number of aromatic carboxylic acids is 1. The molecule has 11 heteroatoms. The molecule has 0 unspecified atom stereocenters. The Morgan fingerprint density at radius 1 is 1.10 bits per heavy atom. The number of hydrogen-bond acceptors (Lipinski definition) is 7. The molecule has 41 heavy (non-hydrogen) atoms. The maximum atomic E-state index is 13.6. The molecular weight excluding hydrogens is 576 g/mol. The molecule has 2 aliphatic heterocycles. The Hall–Kier alpha value is -3.24. The minimum Gasteiger partial charge on any atom is -0.497 e. The highest BCUT2D eigenvalue weighted by atomic mass is 35.5. The maximum Gasteiger partial charge on any atom is 0.339 e. The first kappa shape index (κ1) is 30.7. The van der Waals surface area contributed by atoms with Gasteiger partial charge in [0, 0.05) is 50.5 Å². The fraction of sp³-hybridized carbons (Fsp3) is 0.367. The number of rotatable bonds is 10. The lowest BCUT2D eigenvalue weighted by molar-refractivity contribution is -0.00204. The minimum absolute atomic E-state index is 0. The van der Waals surface area contributed by atoms with Crippen LogP contribution < -0.4 is 18.9 Å². The van der Waals surface area contributed by atoms with Crippen LogP contribution in [0, 0.1) is 5.82 Å². The summed E-state index contributed by atoms with van der Waals surface area (Å²) in [6, 6.07) is 14.7. The summed E-state index contributed by atoms with van der Waals surface area (Å²) in [4.78, 5) is 13.9. The zero-order valence-corrected chi connectivity index (χ0v) is 24.0. The average molecular weight is 608 g/mol. The first-order chi connectivity index (χ1) is 19.2. The van der Waals surface area contributed by atoms with E-state index in [1.165, 1.54) is 24.3 Å². The molecule has 0 radical (unpaired) electrons. The molecule has 1 spiro atoms. The van der Waals surface area contributed by atoms with Crippen molar-refractivity contribution in [2.24, 2.45) is 0 Å². The van der Waals surface area contributed by atoms with Crippen molar-refractivity contribution in [3.05, 3.63) is 82.1 Å². The quantitative estimate of drug-likeness (QED) is 0.316. The summed E-state index contributed by atoms with van der Waals surface area (Å²) in [5, 5.41) is 20.5. The number of piperidine rings is 1. The monoisotopic (exact) mass is 607 g/mol. The van der Waals surface area contributed by atoms with Crippen LogP contribution in [0.4, 0.5) is 4.39 Å². The minimum atomic E-state index is -1.20. The molecule has 2 heterocycles. The molecule has 1 fully saturated rings. The van der Waals surface area contributed by atoms with Crippen molar-refractivity contribution in [2.45, 2.75) is 37.6 Å². The normalized spacial score (nSPS) is 16.3. The molecule has 0 aromatic heterocycles. The van der Waals surface area contributed by atoms with Gasteiger partial charge >= 0.3 is 5.97 Å². The lowest BCUT2D eigenvalue weighted by Crippen LogP contribution is -2.49. The summed E-state index contributed by atoms with van der Waals surface area (Å²) in [7, 11) is 1.59. The van der Waals surface area contributed by atoms with Crippen LogP contribution in [0.2, 0.25) is 5.02 Å². The number of fused-ring (bicyclic) bond motifs is 1. The van der Waals surface area contributed by atoms with E-state index in [2.05, 4.69) is 4.90 Å². The lowest BCUT2D eigenvalue weighted by Gasteiger charge is -2.39. The number of likely N-dealkylation sites (tertiary alicyclic amines) is 1. The standard InChI is InChI=1S/C30H31ClFNO7.ClH/c1-37-23-5-2-19(3-6-23)17-38-28-14-27(24(29(35)36)13-25(28)31)39-18-22(34)16-33-10-8-30(9-11-33)15-20-12-21(32)4-7-26(20)40-30;/h2-7,12-14,22,34H,8-11,15-18H2,1H3,(H,35,36);1H/t22-;/m0./s1. The van der Waals surface area contributed by atoms with Gasteiger partial charge in [0.05, 0.1) is 12.1 Å². The predicted octanol–water partition coefficient (Wildman–Crippen LogP) is 5.40. The Balaban J connectivity index is 0.00000387. The van der Waals surface area contributed by atoms with Gasteiger partial charge in [-0.3, -0.25) is 0 Å². The second-order valence-electron chi connectivity index (χ2n) is 10.2. The van der Waals surface area contributed by atoms with Crippen LogP contribution in [0.15, 0.2) is 54.6 Å². The number of β-amino-alcohol motifs (C(OH)–C–C–N with tert-alkyl or cyclic N) is 1. The number of halogens is 3. The van der Waals surface area contributed by atoms with Gasteiger partial charge in [-0.2, -0.15) is 0 Å². The largest absolute Gasteiger partial charge is 0.497 e. The van der Waals surface area contributed by atoms with Gasteiger partial charge in [0.1, 0.15) is 59.3 Å². The first-order valence-electron chi connectivity index (χ1n) is 13.1. The summed E-state index contributed by atoms with van der Waals surface area (Å²) >= 11 is 6.29. The number of hydrogen-bond donors (Lipinski definition) is 2. The number of benzene rings is 3. The van der Waals surface area contributed by atoms with Crippen LogP contribution in [0.3, 0.4) is 0 Å². The molecule has 2 aliphatic rings. The molecule has 8 nitrogen and oxygen atoms in total. The molecule has 220 valence electrons. The lowest BCUT2D eigenvalue weighted by atomic mass is 9.87. The number of carbonyl (C=O) groups is 1. The SMILES string of the molecule is COc1ccc(COc2cc(OC[C@@H](O)CN3CCC4(CC3)Cc3cc(F)ccc3O4)c(C(=O)O)cc2Cl)cc1.Cl. The second kappa shape index (κ2) is 13.2. The zero-order valence-electron chi connectivity index (χ0n) is 22.5. The van der Waals surface area contributed by atoms with E-state index in [0.29, 0.717) is 26.1 Å².